The molecule has 0 aliphatic heterocycles. The normalized spacial score (nSPS) is 15.0. The summed E-state index contributed by atoms with van der Waals surface area (Å²) in [4.78, 5) is 19.3. The molecule has 1 amide bonds. The first-order chi connectivity index (χ1) is 12.6. The number of benzene rings is 1. The van der Waals surface area contributed by atoms with Crippen molar-refractivity contribution >= 4 is 11.6 Å². The minimum absolute atomic E-state index is 0.0312. The lowest BCUT2D eigenvalue weighted by atomic mass is 9.95. The van der Waals surface area contributed by atoms with Crippen molar-refractivity contribution in [2.24, 2.45) is 0 Å². The summed E-state index contributed by atoms with van der Waals surface area (Å²) in [7, 11) is 0. The van der Waals surface area contributed by atoms with Crippen LogP contribution in [-0.2, 0) is 6.54 Å². The number of nitrogens with zero attached hydrogens (tertiary/aromatic N) is 2. The molecule has 1 aromatic heterocycles. The number of carbonyl (C=O) groups excluding carboxylic acids is 1. The highest BCUT2D eigenvalue weighted by atomic mass is 16.2. The van der Waals surface area contributed by atoms with Crippen LogP contribution < -0.4 is 5.32 Å². The van der Waals surface area contributed by atoms with E-state index in [1.54, 1.807) is 6.20 Å². The van der Waals surface area contributed by atoms with Crippen LogP contribution in [0, 0.1) is 0 Å². The molecule has 1 aliphatic rings. The summed E-state index contributed by atoms with van der Waals surface area (Å²) in [6.07, 6.45) is 9.79. The fourth-order valence-corrected chi connectivity index (χ4v) is 3.55. The molecule has 1 heterocycles. The molecule has 2 aromatic rings. The average Bonchev–Trinajstić information content (AvgIpc) is 2.67. The van der Waals surface area contributed by atoms with Crippen molar-refractivity contribution in [1.29, 1.82) is 0 Å². The lowest BCUT2D eigenvalue weighted by Gasteiger charge is -2.27. The van der Waals surface area contributed by atoms with Gasteiger partial charge in [0.05, 0.1) is 11.3 Å². The van der Waals surface area contributed by atoms with E-state index < -0.39 is 0 Å². The van der Waals surface area contributed by atoms with Crippen molar-refractivity contribution < 1.29 is 4.79 Å². The van der Waals surface area contributed by atoms with Crippen LogP contribution in [0.4, 0.5) is 5.69 Å². The highest BCUT2D eigenvalue weighted by Crippen LogP contribution is 2.22. The van der Waals surface area contributed by atoms with Gasteiger partial charge in [-0.2, -0.15) is 0 Å². The summed E-state index contributed by atoms with van der Waals surface area (Å²) in [6.45, 7) is 4.72. The van der Waals surface area contributed by atoms with Crippen LogP contribution in [0.1, 0.15) is 61.9 Å². The molecule has 0 saturated heterocycles. The van der Waals surface area contributed by atoms with E-state index in [1.807, 2.05) is 35.4 Å². The number of hydrogen-bond donors (Lipinski definition) is 1. The third-order valence-corrected chi connectivity index (χ3v) is 5.04. The van der Waals surface area contributed by atoms with Crippen molar-refractivity contribution in [3.05, 3.63) is 59.9 Å². The van der Waals surface area contributed by atoms with E-state index in [1.165, 1.54) is 32.1 Å². The summed E-state index contributed by atoms with van der Waals surface area (Å²) in [5.41, 5.74) is 2.74. The maximum Gasteiger partial charge on any atom is 0.256 e. The molecule has 1 N–H and O–H groups in total. The number of nitrogens with one attached hydrogen (secondary N) is 1. The minimum atomic E-state index is 0.0312. The first-order valence-corrected chi connectivity index (χ1v) is 9.70. The Kier molecular flexibility index (Phi) is 6.26. The maximum atomic E-state index is 13.1. The van der Waals surface area contributed by atoms with Gasteiger partial charge in [0.25, 0.3) is 5.91 Å². The van der Waals surface area contributed by atoms with Crippen LogP contribution in [0.2, 0.25) is 0 Å². The lowest BCUT2D eigenvalue weighted by Crippen LogP contribution is -2.36. The molecule has 0 bridgehead atoms. The second-order valence-corrected chi connectivity index (χ2v) is 7.45. The number of amides is 1. The number of anilines is 1. The van der Waals surface area contributed by atoms with Crippen LogP contribution in [0.3, 0.4) is 0 Å². The molecule has 0 atom stereocenters. The fourth-order valence-electron chi connectivity index (χ4n) is 3.55. The van der Waals surface area contributed by atoms with Crippen molar-refractivity contribution in [2.75, 3.05) is 5.32 Å². The SMILES string of the molecule is CC(C)N(Cc1ccccc1)C(=O)c1cncc(NC2CCCCC2)c1. The molecule has 1 fully saturated rings. The van der Waals surface area contributed by atoms with E-state index in [-0.39, 0.29) is 11.9 Å². The third-order valence-electron chi connectivity index (χ3n) is 5.04. The van der Waals surface area contributed by atoms with Crippen molar-refractivity contribution in [1.82, 2.24) is 9.88 Å². The topological polar surface area (TPSA) is 45.2 Å². The summed E-state index contributed by atoms with van der Waals surface area (Å²) in [6, 6.07) is 12.7. The molecule has 0 spiro atoms. The van der Waals surface area contributed by atoms with Crippen molar-refractivity contribution in [2.45, 2.75) is 64.6 Å². The highest BCUT2D eigenvalue weighted by molar-refractivity contribution is 5.95. The zero-order valence-electron chi connectivity index (χ0n) is 15.8. The van der Waals surface area contributed by atoms with Gasteiger partial charge in [0.15, 0.2) is 0 Å². The predicted octanol–water partition coefficient (Wildman–Crippen LogP) is 4.88. The van der Waals surface area contributed by atoms with Crippen LogP contribution in [0.25, 0.3) is 0 Å². The Balaban J connectivity index is 1.73. The van der Waals surface area contributed by atoms with Crippen molar-refractivity contribution in [3.63, 3.8) is 0 Å². The predicted molar refractivity (Wildman–Crippen MR) is 106 cm³/mol. The molecular formula is C22H29N3O. The number of aromatic nitrogens is 1. The average molecular weight is 351 g/mol. The molecule has 1 aromatic carbocycles. The Bertz CT molecular complexity index is 708. The summed E-state index contributed by atoms with van der Waals surface area (Å²) in [5.74, 6) is 0.0312. The van der Waals surface area contributed by atoms with Gasteiger partial charge >= 0.3 is 0 Å². The highest BCUT2D eigenvalue weighted by Gasteiger charge is 2.20. The quantitative estimate of drug-likeness (QED) is 0.807. The summed E-state index contributed by atoms with van der Waals surface area (Å²) >= 11 is 0. The monoisotopic (exact) mass is 351 g/mol. The summed E-state index contributed by atoms with van der Waals surface area (Å²) < 4.78 is 0. The largest absolute Gasteiger partial charge is 0.381 e. The Morgan fingerprint density at radius 2 is 1.88 bits per heavy atom. The lowest BCUT2D eigenvalue weighted by molar-refractivity contribution is 0.0690. The first kappa shape index (κ1) is 18.4. The van der Waals surface area contributed by atoms with Crippen LogP contribution in [0.5, 0.6) is 0 Å². The number of hydrogen-bond acceptors (Lipinski definition) is 3. The van der Waals surface area contributed by atoms with Gasteiger partial charge in [-0.25, -0.2) is 0 Å². The smallest absolute Gasteiger partial charge is 0.256 e. The van der Waals surface area contributed by atoms with Gasteiger partial charge in [-0.1, -0.05) is 49.6 Å². The number of rotatable bonds is 6. The minimum Gasteiger partial charge on any atom is -0.381 e. The van der Waals surface area contributed by atoms with Crippen LogP contribution in [0.15, 0.2) is 48.8 Å². The van der Waals surface area contributed by atoms with Crippen LogP contribution in [-0.4, -0.2) is 27.9 Å². The fraction of sp³-hybridized carbons (Fsp3) is 0.455. The molecule has 138 valence electrons. The van der Waals surface area contributed by atoms with Gasteiger partial charge in [-0.15, -0.1) is 0 Å². The first-order valence-electron chi connectivity index (χ1n) is 9.70. The summed E-state index contributed by atoms with van der Waals surface area (Å²) in [5, 5.41) is 3.56. The molecular weight excluding hydrogens is 322 g/mol. The van der Waals surface area contributed by atoms with E-state index in [9.17, 15) is 4.79 Å². The van der Waals surface area contributed by atoms with Crippen molar-refractivity contribution in [3.8, 4) is 0 Å². The molecule has 26 heavy (non-hydrogen) atoms. The van der Waals surface area contributed by atoms with Gasteiger partial charge in [0.2, 0.25) is 0 Å². The van der Waals surface area contributed by atoms with E-state index in [4.69, 9.17) is 0 Å². The Labute approximate surface area is 156 Å². The third kappa shape index (κ3) is 4.84. The van der Waals surface area contributed by atoms with Gasteiger partial charge in [0, 0.05) is 31.0 Å². The zero-order valence-corrected chi connectivity index (χ0v) is 15.8. The standard InChI is InChI=1S/C22H29N3O/c1-17(2)25(16-18-9-5-3-6-10-18)22(26)19-13-21(15-23-14-19)24-20-11-7-4-8-12-20/h3,5-6,9-10,13-15,17,20,24H,4,7-8,11-12,16H2,1-2H3. The van der Waals surface area contributed by atoms with E-state index in [0.29, 0.717) is 18.2 Å². The van der Waals surface area contributed by atoms with E-state index in [2.05, 4.69) is 36.3 Å². The Hall–Kier alpha value is -2.36. The molecule has 4 nitrogen and oxygen atoms in total. The molecule has 4 heteroatoms. The maximum absolute atomic E-state index is 13.1. The van der Waals surface area contributed by atoms with Gasteiger partial charge in [0.1, 0.15) is 0 Å². The van der Waals surface area contributed by atoms with Gasteiger partial charge in [-0.05, 0) is 38.3 Å². The van der Waals surface area contributed by atoms with E-state index in [0.717, 1.165) is 11.3 Å². The Morgan fingerprint density at radius 1 is 1.15 bits per heavy atom. The molecule has 0 unspecified atom stereocenters. The molecule has 3 rings (SSSR count). The molecule has 1 saturated carbocycles. The molecule has 1 aliphatic carbocycles. The second-order valence-electron chi connectivity index (χ2n) is 7.45. The number of pyridine rings is 1. The number of carbonyl (C=O) groups is 1. The molecule has 0 radical (unpaired) electrons. The van der Waals surface area contributed by atoms with Crippen LogP contribution >= 0.6 is 0 Å². The van der Waals surface area contributed by atoms with Gasteiger partial charge < -0.3 is 10.2 Å². The second kappa shape index (κ2) is 8.84. The van der Waals surface area contributed by atoms with Gasteiger partial charge in [-0.3, -0.25) is 9.78 Å². The Morgan fingerprint density at radius 3 is 2.58 bits per heavy atom. The zero-order chi connectivity index (χ0) is 18.4. The van der Waals surface area contributed by atoms with E-state index >= 15 is 0 Å².